The summed E-state index contributed by atoms with van der Waals surface area (Å²) in [5, 5.41) is 15.8. The molecule has 168 valence electrons. The van der Waals surface area contributed by atoms with E-state index in [1.54, 1.807) is 47.1 Å². The summed E-state index contributed by atoms with van der Waals surface area (Å²) in [6.07, 6.45) is -1.09. The number of aromatic nitrogens is 2. The van der Waals surface area contributed by atoms with Crippen LogP contribution in [0.25, 0.3) is 5.52 Å². The quantitative estimate of drug-likeness (QED) is 0.438. The second kappa shape index (κ2) is 8.78. The summed E-state index contributed by atoms with van der Waals surface area (Å²) in [6, 6.07) is 14.9. The van der Waals surface area contributed by atoms with Gasteiger partial charge in [-0.05, 0) is 53.4 Å². The molecule has 0 aliphatic rings. The summed E-state index contributed by atoms with van der Waals surface area (Å²) in [6.45, 7) is 0. The summed E-state index contributed by atoms with van der Waals surface area (Å²) in [5.41, 5.74) is 2.64. The van der Waals surface area contributed by atoms with E-state index in [0.717, 1.165) is 17.7 Å². The minimum atomic E-state index is -4.40. The van der Waals surface area contributed by atoms with Crippen LogP contribution in [0.15, 0.2) is 73.1 Å². The van der Waals surface area contributed by atoms with Gasteiger partial charge in [-0.3, -0.25) is 9.59 Å². The minimum absolute atomic E-state index is 0.115. The van der Waals surface area contributed by atoms with Crippen LogP contribution in [0, 0.1) is 0 Å². The van der Waals surface area contributed by atoms with Crippen LogP contribution in [0.4, 0.5) is 18.9 Å². The van der Waals surface area contributed by atoms with E-state index in [9.17, 15) is 22.8 Å². The third kappa shape index (κ3) is 5.03. The molecule has 0 saturated carbocycles. The molecule has 2 aromatic carbocycles. The van der Waals surface area contributed by atoms with Crippen LogP contribution < -0.4 is 5.32 Å². The Labute approximate surface area is 186 Å². The average Bonchev–Trinajstić information content (AvgIpc) is 3.20. The van der Waals surface area contributed by atoms with Crippen molar-refractivity contribution in [1.82, 2.24) is 9.61 Å². The molecule has 0 fully saturated rings. The lowest BCUT2D eigenvalue weighted by molar-refractivity contribution is -0.138. The van der Waals surface area contributed by atoms with Crippen molar-refractivity contribution in [3.05, 3.63) is 101 Å². The van der Waals surface area contributed by atoms with Crippen molar-refractivity contribution in [1.29, 1.82) is 0 Å². The summed E-state index contributed by atoms with van der Waals surface area (Å²) < 4.78 is 40.0. The molecule has 0 saturated heterocycles. The van der Waals surface area contributed by atoms with Gasteiger partial charge in [-0.2, -0.15) is 18.3 Å². The van der Waals surface area contributed by atoms with Crippen molar-refractivity contribution in [3.63, 3.8) is 0 Å². The van der Waals surface area contributed by atoms with Crippen molar-refractivity contribution >= 4 is 23.1 Å². The molecule has 2 N–H and O–H groups in total. The second-order valence-electron chi connectivity index (χ2n) is 7.48. The monoisotopic (exact) mass is 453 g/mol. The standard InChI is InChI=1S/C24H18F3N3O3/c25-24(26,27)18-7-3-15(4-8-18)12-17-2-1-11-30-22(17)20(14-28-30)23(33)29-19-9-5-16(6-10-19)13-21(31)32/h1-11,14H,12-13H2,(H,29,33)(H,31,32). The van der Waals surface area contributed by atoms with Crippen molar-refractivity contribution in [2.75, 3.05) is 5.32 Å². The summed E-state index contributed by atoms with van der Waals surface area (Å²) in [7, 11) is 0. The van der Waals surface area contributed by atoms with E-state index < -0.39 is 23.6 Å². The van der Waals surface area contributed by atoms with Crippen molar-refractivity contribution in [3.8, 4) is 0 Å². The van der Waals surface area contributed by atoms with E-state index in [1.165, 1.54) is 18.3 Å². The fourth-order valence-corrected chi connectivity index (χ4v) is 3.53. The predicted octanol–water partition coefficient (Wildman–Crippen LogP) is 4.82. The molecule has 6 nitrogen and oxygen atoms in total. The molecule has 4 rings (SSSR count). The number of hydrogen-bond acceptors (Lipinski definition) is 3. The predicted molar refractivity (Wildman–Crippen MR) is 115 cm³/mol. The molecule has 1 amide bonds. The maximum atomic E-state index is 12.9. The highest BCUT2D eigenvalue weighted by Gasteiger charge is 2.30. The zero-order chi connectivity index (χ0) is 23.6. The van der Waals surface area contributed by atoms with Gasteiger partial charge in [-0.15, -0.1) is 0 Å². The molecule has 33 heavy (non-hydrogen) atoms. The molecule has 0 unspecified atom stereocenters. The Bertz CT molecular complexity index is 1310. The SMILES string of the molecule is O=C(O)Cc1ccc(NC(=O)c2cnn3cccc(Cc4ccc(C(F)(F)F)cc4)c23)cc1. The van der Waals surface area contributed by atoms with Crippen molar-refractivity contribution in [2.45, 2.75) is 19.0 Å². The number of nitrogens with zero attached hydrogens (tertiary/aromatic N) is 2. The number of carbonyl (C=O) groups is 2. The summed E-state index contributed by atoms with van der Waals surface area (Å²) in [4.78, 5) is 23.7. The van der Waals surface area contributed by atoms with Crippen LogP contribution >= 0.6 is 0 Å². The van der Waals surface area contributed by atoms with Gasteiger partial charge in [0.15, 0.2) is 0 Å². The van der Waals surface area contributed by atoms with Gasteiger partial charge in [0.1, 0.15) is 0 Å². The van der Waals surface area contributed by atoms with Gasteiger partial charge in [0, 0.05) is 11.9 Å². The Morgan fingerprint density at radius 2 is 1.64 bits per heavy atom. The highest BCUT2D eigenvalue weighted by atomic mass is 19.4. The molecule has 0 bridgehead atoms. The van der Waals surface area contributed by atoms with Crippen LogP contribution in [0.2, 0.25) is 0 Å². The number of halogens is 3. The summed E-state index contributed by atoms with van der Waals surface area (Å²) >= 11 is 0. The van der Waals surface area contributed by atoms with Gasteiger partial charge in [-0.25, -0.2) is 4.52 Å². The number of nitrogens with one attached hydrogen (secondary N) is 1. The highest BCUT2D eigenvalue weighted by Crippen LogP contribution is 2.30. The normalized spacial score (nSPS) is 11.5. The van der Waals surface area contributed by atoms with Crippen LogP contribution in [0.3, 0.4) is 0 Å². The minimum Gasteiger partial charge on any atom is -0.481 e. The number of amides is 1. The zero-order valence-electron chi connectivity index (χ0n) is 17.1. The lowest BCUT2D eigenvalue weighted by Crippen LogP contribution is -2.12. The molecule has 0 radical (unpaired) electrons. The Morgan fingerprint density at radius 3 is 2.27 bits per heavy atom. The average molecular weight is 453 g/mol. The maximum absolute atomic E-state index is 12.9. The number of rotatable bonds is 6. The van der Waals surface area contributed by atoms with Crippen LogP contribution in [0.5, 0.6) is 0 Å². The number of alkyl halides is 3. The first-order valence-electron chi connectivity index (χ1n) is 9.94. The topological polar surface area (TPSA) is 83.7 Å². The van der Waals surface area contributed by atoms with E-state index in [4.69, 9.17) is 5.11 Å². The van der Waals surface area contributed by atoms with Gasteiger partial charge >= 0.3 is 12.1 Å². The van der Waals surface area contributed by atoms with Crippen LogP contribution in [-0.4, -0.2) is 26.6 Å². The maximum Gasteiger partial charge on any atom is 0.416 e. The Hall–Kier alpha value is -4.14. The Balaban J connectivity index is 1.58. The Kier molecular flexibility index (Phi) is 5.87. The number of fused-ring (bicyclic) bond motifs is 1. The van der Waals surface area contributed by atoms with Crippen molar-refractivity contribution < 1.29 is 27.9 Å². The third-order valence-corrected chi connectivity index (χ3v) is 5.11. The molecule has 9 heteroatoms. The van der Waals surface area contributed by atoms with Gasteiger partial charge in [-0.1, -0.05) is 30.3 Å². The first-order chi connectivity index (χ1) is 15.7. The lowest BCUT2D eigenvalue weighted by Gasteiger charge is -2.10. The fraction of sp³-hybridized carbons (Fsp3) is 0.125. The lowest BCUT2D eigenvalue weighted by atomic mass is 10.0. The molecule has 2 heterocycles. The number of pyridine rings is 1. The van der Waals surface area contributed by atoms with Gasteiger partial charge in [0.2, 0.25) is 0 Å². The number of carboxylic acid groups (broad SMARTS) is 1. The van der Waals surface area contributed by atoms with E-state index >= 15 is 0 Å². The molecular formula is C24H18F3N3O3. The highest BCUT2D eigenvalue weighted by molar-refractivity contribution is 6.09. The number of anilines is 1. The van der Waals surface area contributed by atoms with Gasteiger partial charge in [0.05, 0.1) is 29.3 Å². The first-order valence-corrected chi connectivity index (χ1v) is 9.94. The molecule has 0 aliphatic heterocycles. The zero-order valence-corrected chi connectivity index (χ0v) is 17.1. The van der Waals surface area contributed by atoms with Gasteiger partial charge in [0.25, 0.3) is 5.91 Å². The molecule has 0 aliphatic carbocycles. The smallest absolute Gasteiger partial charge is 0.416 e. The molecule has 0 spiro atoms. The number of carbonyl (C=O) groups excluding carboxylic acids is 1. The number of carboxylic acids is 1. The van der Waals surface area contributed by atoms with Crippen LogP contribution in [-0.2, 0) is 23.8 Å². The largest absolute Gasteiger partial charge is 0.481 e. The fourth-order valence-electron chi connectivity index (χ4n) is 3.53. The molecule has 4 aromatic rings. The van der Waals surface area contributed by atoms with E-state index in [0.29, 0.717) is 34.3 Å². The van der Waals surface area contributed by atoms with E-state index in [2.05, 4.69) is 10.4 Å². The second-order valence-corrected chi connectivity index (χ2v) is 7.48. The summed E-state index contributed by atoms with van der Waals surface area (Å²) in [5.74, 6) is -1.35. The molecule has 0 atom stereocenters. The van der Waals surface area contributed by atoms with Crippen LogP contribution in [0.1, 0.15) is 32.6 Å². The van der Waals surface area contributed by atoms with Crippen molar-refractivity contribution in [2.24, 2.45) is 0 Å². The molecular weight excluding hydrogens is 435 g/mol. The first kappa shape index (κ1) is 22.1. The molecule has 2 aromatic heterocycles. The van der Waals surface area contributed by atoms with E-state index in [1.807, 2.05) is 0 Å². The van der Waals surface area contributed by atoms with E-state index in [-0.39, 0.29) is 6.42 Å². The number of hydrogen-bond donors (Lipinski definition) is 2. The number of aliphatic carboxylic acids is 1. The third-order valence-electron chi connectivity index (χ3n) is 5.11. The number of benzene rings is 2. The van der Waals surface area contributed by atoms with Gasteiger partial charge < -0.3 is 10.4 Å². The Morgan fingerprint density at radius 1 is 0.970 bits per heavy atom.